The Morgan fingerprint density at radius 3 is 2.00 bits per heavy atom. The van der Waals surface area contributed by atoms with Crippen LogP contribution in [0.1, 0.15) is 34.6 Å². The molecule has 2 aromatic carbocycles. The van der Waals surface area contributed by atoms with Gasteiger partial charge in [-0.15, -0.1) is 0 Å². The van der Waals surface area contributed by atoms with Gasteiger partial charge in [0.25, 0.3) is 0 Å². The van der Waals surface area contributed by atoms with Crippen LogP contribution in [0.4, 0.5) is 4.39 Å². The summed E-state index contributed by atoms with van der Waals surface area (Å²) in [4.78, 5) is 24.9. The molecule has 0 radical (unpaired) electrons. The van der Waals surface area contributed by atoms with E-state index in [1.165, 1.54) is 21.0 Å². The first-order valence-electron chi connectivity index (χ1n) is 9.17. The molecule has 1 fully saturated rings. The number of alkyl halides is 1. The average molecular weight is 402 g/mol. The molecule has 0 aliphatic carbocycles. The molecular weight excluding hydrogens is 379 g/mol. The van der Waals surface area contributed by atoms with Gasteiger partial charge in [-0.3, -0.25) is 0 Å². The highest BCUT2D eigenvalue weighted by molar-refractivity contribution is 5.90. The van der Waals surface area contributed by atoms with Gasteiger partial charge in [-0.2, -0.15) is 0 Å². The van der Waals surface area contributed by atoms with Crippen LogP contribution < -0.4 is 0 Å². The first-order valence-corrected chi connectivity index (χ1v) is 9.17. The molecule has 6 nitrogen and oxygen atoms in total. The fourth-order valence-corrected chi connectivity index (χ4v) is 3.23. The molecule has 29 heavy (non-hydrogen) atoms. The third-order valence-electron chi connectivity index (χ3n) is 5.22. The van der Waals surface area contributed by atoms with Gasteiger partial charge < -0.3 is 18.9 Å². The molecule has 0 saturated carbocycles. The van der Waals surface area contributed by atoms with E-state index in [1.54, 1.807) is 60.7 Å². The maximum Gasteiger partial charge on any atom is 0.338 e. The molecule has 2 unspecified atom stereocenters. The first kappa shape index (κ1) is 21.0. The number of halogens is 1. The zero-order valence-corrected chi connectivity index (χ0v) is 16.5. The lowest BCUT2D eigenvalue weighted by atomic mass is 9.85. The van der Waals surface area contributed by atoms with Crippen molar-refractivity contribution in [3.63, 3.8) is 0 Å². The first-order chi connectivity index (χ1) is 13.8. The van der Waals surface area contributed by atoms with Crippen molar-refractivity contribution >= 4 is 11.9 Å². The van der Waals surface area contributed by atoms with Crippen LogP contribution >= 0.6 is 0 Å². The van der Waals surface area contributed by atoms with Crippen molar-refractivity contribution in [1.29, 1.82) is 0 Å². The van der Waals surface area contributed by atoms with Gasteiger partial charge in [-0.25, -0.2) is 14.0 Å². The van der Waals surface area contributed by atoms with E-state index < -0.39 is 35.6 Å². The lowest BCUT2D eigenvalue weighted by Gasteiger charge is -2.36. The van der Waals surface area contributed by atoms with Crippen molar-refractivity contribution in [2.45, 2.75) is 37.5 Å². The highest BCUT2D eigenvalue weighted by Gasteiger charge is 2.66. The molecule has 4 atom stereocenters. The topological polar surface area (TPSA) is 71.1 Å². The second-order valence-electron chi connectivity index (χ2n) is 7.10. The fourth-order valence-electron chi connectivity index (χ4n) is 3.23. The SMILES string of the molecule is COC1O[C@H](COC(=O)c2ccccc2)C(C)(OC(=O)c2ccccc2)[C@@]1(C)F. The molecule has 154 valence electrons. The smallest absolute Gasteiger partial charge is 0.338 e. The number of methoxy groups -OCH3 is 1. The minimum absolute atomic E-state index is 0.269. The van der Waals surface area contributed by atoms with Gasteiger partial charge in [0.2, 0.25) is 0 Å². The predicted octanol–water partition coefficient (Wildman–Crippen LogP) is 3.56. The van der Waals surface area contributed by atoms with Gasteiger partial charge in [0.05, 0.1) is 11.1 Å². The number of hydrogen-bond donors (Lipinski definition) is 0. The van der Waals surface area contributed by atoms with Crippen LogP contribution in [0.25, 0.3) is 0 Å². The second-order valence-corrected chi connectivity index (χ2v) is 7.10. The molecular formula is C22H23FO6. The van der Waals surface area contributed by atoms with Gasteiger partial charge in [0, 0.05) is 7.11 Å². The summed E-state index contributed by atoms with van der Waals surface area (Å²) in [5.41, 5.74) is -3.32. The van der Waals surface area contributed by atoms with Crippen LogP contribution in [0, 0.1) is 0 Å². The summed E-state index contributed by atoms with van der Waals surface area (Å²) in [6.07, 6.45) is -2.36. The maximum atomic E-state index is 15.6. The summed E-state index contributed by atoms with van der Waals surface area (Å²) in [5, 5.41) is 0. The van der Waals surface area contributed by atoms with E-state index in [-0.39, 0.29) is 12.2 Å². The number of carbonyl (C=O) groups is 2. The second kappa shape index (κ2) is 8.31. The van der Waals surface area contributed by atoms with Crippen LogP contribution in [0.2, 0.25) is 0 Å². The van der Waals surface area contributed by atoms with E-state index in [2.05, 4.69) is 0 Å². The van der Waals surface area contributed by atoms with Crippen LogP contribution in [0.15, 0.2) is 60.7 Å². The Morgan fingerprint density at radius 2 is 1.48 bits per heavy atom. The van der Waals surface area contributed by atoms with Crippen LogP contribution in [-0.2, 0) is 18.9 Å². The fraction of sp³-hybridized carbons (Fsp3) is 0.364. The van der Waals surface area contributed by atoms with Crippen molar-refractivity contribution in [2.24, 2.45) is 0 Å². The summed E-state index contributed by atoms with van der Waals surface area (Å²) in [5.74, 6) is -1.30. The molecule has 3 rings (SSSR count). The Morgan fingerprint density at radius 1 is 0.966 bits per heavy atom. The largest absolute Gasteiger partial charge is 0.459 e. The van der Waals surface area contributed by atoms with Gasteiger partial charge >= 0.3 is 11.9 Å². The predicted molar refractivity (Wildman–Crippen MR) is 102 cm³/mol. The molecule has 1 heterocycles. The summed E-state index contributed by atoms with van der Waals surface area (Å²) >= 11 is 0. The van der Waals surface area contributed by atoms with E-state index in [0.29, 0.717) is 5.56 Å². The maximum absolute atomic E-state index is 15.6. The normalized spacial score (nSPS) is 28.7. The van der Waals surface area contributed by atoms with Crippen LogP contribution in [-0.4, -0.2) is 49.3 Å². The van der Waals surface area contributed by atoms with E-state index >= 15 is 4.39 Å². The Labute approximate surface area is 168 Å². The molecule has 7 heteroatoms. The number of hydrogen-bond acceptors (Lipinski definition) is 6. The Bertz CT molecular complexity index is 854. The van der Waals surface area contributed by atoms with E-state index in [9.17, 15) is 9.59 Å². The van der Waals surface area contributed by atoms with E-state index in [4.69, 9.17) is 18.9 Å². The number of benzene rings is 2. The standard InChI is InChI=1S/C22H23FO6/c1-21(23)20(26-3)28-17(14-27-18(24)15-10-6-4-7-11-15)22(21,2)29-19(25)16-12-8-5-9-13-16/h4-13,17,20H,14H2,1-3H3/t17-,20?,21+,22?/m1/s1. The number of esters is 2. The quantitative estimate of drug-likeness (QED) is 0.688. The van der Waals surface area contributed by atoms with Gasteiger partial charge in [-0.05, 0) is 38.1 Å². The minimum Gasteiger partial charge on any atom is -0.459 e. The number of ether oxygens (including phenoxy) is 4. The molecule has 1 aliphatic heterocycles. The Balaban J connectivity index is 1.80. The molecule has 0 bridgehead atoms. The summed E-state index contributed by atoms with van der Waals surface area (Å²) in [6.45, 7) is 2.33. The van der Waals surface area contributed by atoms with Gasteiger partial charge in [0.1, 0.15) is 12.7 Å². The highest BCUT2D eigenvalue weighted by atomic mass is 19.1. The van der Waals surface area contributed by atoms with Crippen molar-refractivity contribution in [3.05, 3.63) is 71.8 Å². The lowest BCUT2D eigenvalue weighted by molar-refractivity contribution is -0.165. The molecule has 1 aliphatic rings. The van der Waals surface area contributed by atoms with Crippen molar-refractivity contribution in [3.8, 4) is 0 Å². The third-order valence-corrected chi connectivity index (χ3v) is 5.22. The van der Waals surface area contributed by atoms with Crippen LogP contribution in [0.5, 0.6) is 0 Å². The molecule has 1 saturated heterocycles. The molecule has 2 aromatic rings. The molecule has 0 amide bonds. The molecule has 0 spiro atoms. The summed E-state index contributed by atoms with van der Waals surface area (Å²) in [7, 11) is 1.29. The number of rotatable bonds is 6. The van der Waals surface area contributed by atoms with Gasteiger partial charge in [0.15, 0.2) is 17.6 Å². The molecule has 0 aromatic heterocycles. The van der Waals surface area contributed by atoms with Gasteiger partial charge in [-0.1, -0.05) is 36.4 Å². The van der Waals surface area contributed by atoms with E-state index in [0.717, 1.165) is 0 Å². The summed E-state index contributed by atoms with van der Waals surface area (Å²) < 4.78 is 37.2. The third kappa shape index (κ3) is 4.02. The van der Waals surface area contributed by atoms with Crippen molar-refractivity contribution in [2.75, 3.05) is 13.7 Å². The zero-order chi connectivity index (χ0) is 21.1. The number of carbonyl (C=O) groups excluding carboxylic acids is 2. The molecule has 0 N–H and O–H groups in total. The van der Waals surface area contributed by atoms with Crippen LogP contribution in [0.3, 0.4) is 0 Å². The minimum atomic E-state index is -2.18. The van der Waals surface area contributed by atoms with Crippen molar-refractivity contribution < 1.29 is 32.9 Å². The van der Waals surface area contributed by atoms with Crippen molar-refractivity contribution in [1.82, 2.24) is 0 Å². The Kier molecular flexibility index (Phi) is 6.00. The average Bonchev–Trinajstić information content (AvgIpc) is 2.92. The highest BCUT2D eigenvalue weighted by Crippen LogP contribution is 2.46. The zero-order valence-electron chi connectivity index (χ0n) is 16.5. The summed E-state index contributed by atoms with van der Waals surface area (Å²) in [6, 6.07) is 16.6. The Hall–Kier alpha value is -2.77. The monoisotopic (exact) mass is 402 g/mol. The van der Waals surface area contributed by atoms with E-state index in [1.807, 2.05) is 0 Å². The lowest BCUT2D eigenvalue weighted by Crippen LogP contribution is -2.56.